The molecule has 1 amide bonds. The first-order valence-electron chi connectivity index (χ1n) is 5.76. The average molecular weight is 249 g/mol. The molecule has 17 heavy (non-hydrogen) atoms. The van der Waals surface area contributed by atoms with Crippen LogP contribution in [0, 0.1) is 19.3 Å². The Hall–Kier alpha value is -1.41. The van der Waals surface area contributed by atoms with E-state index in [0.29, 0.717) is 10.6 Å². The third kappa shape index (κ3) is 2.47. The first-order chi connectivity index (χ1) is 8.17. The summed E-state index contributed by atoms with van der Waals surface area (Å²) in [6, 6.07) is 0. The summed E-state index contributed by atoms with van der Waals surface area (Å²) in [6.45, 7) is 1.78. The summed E-state index contributed by atoms with van der Waals surface area (Å²) in [5.74, 6) is 2.62. The van der Waals surface area contributed by atoms with Crippen molar-refractivity contribution in [2.45, 2.75) is 44.6 Å². The summed E-state index contributed by atoms with van der Waals surface area (Å²) in [6.07, 6.45) is 10.7. The molecule has 0 bridgehead atoms. The molecule has 1 aliphatic carbocycles. The molecule has 1 N–H and O–H groups in total. The van der Waals surface area contributed by atoms with E-state index in [1.807, 2.05) is 0 Å². The zero-order valence-corrected chi connectivity index (χ0v) is 10.6. The van der Waals surface area contributed by atoms with Crippen LogP contribution in [0.3, 0.4) is 0 Å². The maximum absolute atomic E-state index is 12.1. The standard InChI is InChI=1S/C12H15N3OS/c1-3-12(7-5-4-6-8-12)13-11(16)10-9(2)14-15-17-10/h1H,4-8H2,2H3,(H,13,16). The maximum Gasteiger partial charge on any atom is 0.266 e. The second kappa shape index (κ2) is 4.84. The van der Waals surface area contributed by atoms with Crippen LogP contribution in [0.5, 0.6) is 0 Å². The summed E-state index contributed by atoms with van der Waals surface area (Å²) in [4.78, 5) is 12.6. The first-order valence-corrected chi connectivity index (χ1v) is 6.53. The van der Waals surface area contributed by atoms with Gasteiger partial charge in [0.15, 0.2) is 0 Å². The lowest BCUT2D eigenvalue weighted by molar-refractivity contribution is 0.0907. The van der Waals surface area contributed by atoms with Gasteiger partial charge in [-0.3, -0.25) is 4.79 Å². The van der Waals surface area contributed by atoms with Gasteiger partial charge >= 0.3 is 0 Å². The van der Waals surface area contributed by atoms with Crippen LogP contribution in [0.1, 0.15) is 47.5 Å². The fourth-order valence-corrected chi connectivity index (χ4v) is 2.73. The van der Waals surface area contributed by atoms with Crippen molar-refractivity contribution in [3.8, 4) is 12.3 Å². The van der Waals surface area contributed by atoms with E-state index in [1.165, 1.54) is 6.42 Å². The second-order valence-electron chi connectivity index (χ2n) is 4.43. The molecule has 0 saturated heterocycles. The van der Waals surface area contributed by atoms with E-state index in [0.717, 1.165) is 37.2 Å². The molecule has 2 rings (SSSR count). The fourth-order valence-electron chi connectivity index (χ4n) is 2.17. The Balaban J connectivity index is 2.12. The molecular formula is C12H15N3OS. The Morgan fingerprint density at radius 2 is 2.18 bits per heavy atom. The molecule has 4 nitrogen and oxygen atoms in total. The van der Waals surface area contributed by atoms with Gasteiger partial charge in [0, 0.05) is 0 Å². The highest BCUT2D eigenvalue weighted by molar-refractivity contribution is 7.08. The van der Waals surface area contributed by atoms with Crippen molar-refractivity contribution in [3.63, 3.8) is 0 Å². The van der Waals surface area contributed by atoms with Crippen LogP contribution in [-0.2, 0) is 0 Å². The van der Waals surface area contributed by atoms with Crippen molar-refractivity contribution < 1.29 is 4.79 Å². The number of rotatable bonds is 2. The number of hydrogen-bond acceptors (Lipinski definition) is 4. The Morgan fingerprint density at radius 3 is 2.71 bits per heavy atom. The normalized spacial score (nSPS) is 18.4. The molecule has 0 unspecified atom stereocenters. The molecule has 0 radical (unpaired) electrons. The number of terminal acetylenes is 1. The summed E-state index contributed by atoms with van der Waals surface area (Å²) in [5, 5.41) is 6.82. The molecule has 1 aromatic heterocycles. The zero-order valence-electron chi connectivity index (χ0n) is 9.82. The summed E-state index contributed by atoms with van der Waals surface area (Å²) in [7, 11) is 0. The van der Waals surface area contributed by atoms with Gasteiger partial charge in [-0.25, -0.2) is 0 Å². The topological polar surface area (TPSA) is 54.9 Å². The number of aryl methyl sites for hydroxylation is 1. The van der Waals surface area contributed by atoms with Gasteiger partial charge in [0.25, 0.3) is 5.91 Å². The van der Waals surface area contributed by atoms with Gasteiger partial charge < -0.3 is 5.32 Å². The third-order valence-electron chi connectivity index (χ3n) is 3.19. The van der Waals surface area contributed by atoms with Gasteiger partial charge in [-0.05, 0) is 31.3 Å². The molecule has 1 fully saturated rings. The van der Waals surface area contributed by atoms with Crippen LogP contribution in [-0.4, -0.2) is 21.0 Å². The summed E-state index contributed by atoms with van der Waals surface area (Å²) < 4.78 is 3.76. The highest BCUT2D eigenvalue weighted by atomic mass is 32.1. The lowest BCUT2D eigenvalue weighted by atomic mass is 9.82. The van der Waals surface area contributed by atoms with Crippen molar-refractivity contribution in [2.75, 3.05) is 0 Å². The zero-order chi connectivity index (χ0) is 12.3. The van der Waals surface area contributed by atoms with E-state index in [4.69, 9.17) is 6.42 Å². The summed E-state index contributed by atoms with van der Waals surface area (Å²) >= 11 is 1.11. The number of carbonyl (C=O) groups excluding carboxylic acids is 1. The minimum atomic E-state index is -0.467. The van der Waals surface area contributed by atoms with Crippen LogP contribution in [0.4, 0.5) is 0 Å². The first kappa shape index (κ1) is 12.1. The molecule has 0 spiro atoms. The van der Waals surface area contributed by atoms with Gasteiger partial charge in [-0.2, -0.15) is 0 Å². The van der Waals surface area contributed by atoms with Gasteiger partial charge in [0.1, 0.15) is 10.4 Å². The van der Waals surface area contributed by atoms with E-state index < -0.39 is 5.54 Å². The number of carbonyl (C=O) groups is 1. The van der Waals surface area contributed by atoms with Crippen LogP contribution in [0.25, 0.3) is 0 Å². The smallest absolute Gasteiger partial charge is 0.266 e. The quantitative estimate of drug-likeness (QED) is 0.815. The predicted octanol–water partition coefficient (Wildman–Crippen LogP) is 1.91. The van der Waals surface area contributed by atoms with Crippen molar-refractivity contribution >= 4 is 17.4 Å². The van der Waals surface area contributed by atoms with Crippen LogP contribution < -0.4 is 5.32 Å². The van der Waals surface area contributed by atoms with Crippen molar-refractivity contribution in [1.29, 1.82) is 0 Å². The van der Waals surface area contributed by atoms with Crippen molar-refractivity contribution in [2.24, 2.45) is 0 Å². The molecule has 1 aromatic rings. The molecule has 1 heterocycles. The van der Waals surface area contributed by atoms with E-state index in [1.54, 1.807) is 6.92 Å². The minimum Gasteiger partial charge on any atom is -0.335 e. The van der Waals surface area contributed by atoms with E-state index in [9.17, 15) is 4.79 Å². The molecule has 0 atom stereocenters. The molecule has 90 valence electrons. The number of amides is 1. The molecule has 5 heteroatoms. The molecule has 0 aliphatic heterocycles. The maximum atomic E-state index is 12.1. The highest BCUT2D eigenvalue weighted by Crippen LogP contribution is 2.28. The van der Waals surface area contributed by atoms with E-state index in [-0.39, 0.29) is 5.91 Å². The molecule has 1 aliphatic rings. The highest BCUT2D eigenvalue weighted by Gasteiger charge is 2.32. The van der Waals surface area contributed by atoms with Crippen molar-refractivity contribution in [1.82, 2.24) is 14.9 Å². The number of nitrogens with zero attached hydrogens (tertiary/aromatic N) is 2. The van der Waals surface area contributed by atoms with Gasteiger partial charge in [0.2, 0.25) is 0 Å². The Bertz CT molecular complexity index is 455. The van der Waals surface area contributed by atoms with Crippen LogP contribution >= 0.6 is 11.5 Å². The van der Waals surface area contributed by atoms with Gasteiger partial charge in [-0.1, -0.05) is 29.7 Å². The molecule has 0 aromatic carbocycles. The largest absolute Gasteiger partial charge is 0.335 e. The minimum absolute atomic E-state index is 0.141. The summed E-state index contributed by atoms with van der Waals surface area (Å²) in [5.41, 5.74) is 0.196. The lowest BCUT2D eigenvalue weighted by Crippen LogP contribution is -2.48. The van der Waals surface area contributed by atoms with E-state index >= 15 is 0 Å². The fraction of sp³-hybridized carbons (Fsp3) is 0.583. The number of aromatic nitrogens is 2. The van der Waals surface area contributed by atoms with Crippen molar-refractivity contribution in [3.05, 3.63) is 10.6 Å². The van der Waals surface area contributed by atoms with Crippen LogP contribution in [0.15, 0.2) is 0 Å². The predicted molar refractivity (Wildman–Crippen MR) is 66.8 cm³/mol. The Morgan fingerprint density at radius 1 is 1.47 bits per heavy atom. The van der Waals surface area contributed by atoms with E-state index in [2.05, 4.69) is 20.8 Å². The molecule has 1 saturated carbocycles. The average Bonchev–Trinajstić information content (AvgIpc) is 2.77. The Labute approximate surface area is 105 Å². The molecular weight excluding hydrogens is 234 g/mol. The third-order valence-corrected chi connectivity index (χ3v) is 4.02. The SMILES string of the molecule is C#CC1(NC(=O)c2snnc2C)CCCCC1. The lowest BCUT2D eigenvalue weighted by Gasteiger charge is -2.33. The number of hydrogen-bond donors (Lipinski definition) is 1. The number of nitrogens with one attached hydrogen (secondary N) is 1. The monoisotopic (exact) mass is 249 g/mol. The Kier molecular flexibility index (Phi) is 3.43. The van der Waals surface area contributed by atoms with Gasteiger partial charge in [-0.15, -0.1) is 11.5 Å². The second-order valence-corrected chi connectivity index (χ2v) is 5.18. The van der Waals surface area contributed by atoms with Gasteiger partial charge in [0.05, 0.1) is 5.69 Å². The van der Waals surface area contributed by atoms with Crippen LogP contribution in [0.2, 0.25) is 0 Å².